The average molecular weight is 294 g/mol. The number of hydrogen-bond donors (Lipinski definition) is 1. The van der Waals surface area contributed by atoms with E-state index < -0.39 is 35.4 Å². The molecule has 0 aliphatic carbocycles. The summed E-state index contributed by atoms with van der Waals surface area (Å²) in [5.74, 6) is -3.33. The van der Waals surface area contributed by atoms with Crippen molar-refractivity contribution in [2.45, 2.75) is 12.3 Å². The van der Waals surface area contributed by atoms with Gasteiger partial charge in [0.1, 0.15) is 0 Å². The van der Waals surface area contributed by atoms with E-state index in [4.69, 9.17) is 5.11 Å². The van der Waals surface area contributed by atoms with Crippen molar-refractivity contribution in [2.24, 2.45) is 0 Å². The van der Waals surface area contributed by atoms with E-state index in [1.807, 2.05) is 0 Å². The fourth-order valence-electron chi connectivity index (χ4n) is 1.71. The van der Waals surface area contributed by atoms with Gasteiger partial charge in [-0.15, -0.1) is 9.24 Å². The zero-order chi connectivity index (χ0) is 14.4. The van der Waals surface area contributed by atoms with E-state index in [0.29, 0.717) is 5.30 Å². The molecule has 1 aromatic rings. The zero-order valence-electron chi connectivity index (χ0n) is 9.16. The Morgan fingerprint density at radius 3 is 2.53 bits per heavy atom. The average Bonchev–Trinajstić information content (AvgIpc) is 2.25. The van der Waals surface area contributed by atoms with Crippen molar-refractivity contribution in [1.29, 1.82) is 0 Å². The number of aliphatic carboxylic acids is 1. The minimum atomic E-state index is -4.94. The van der Waals surface area contributed by atoms with Crippen molar-refractivity contribution >= 4 is 26.6 Å². The quantitative estimate of drug-likeness (QED) is 0.637. The molecule has 0 amide bonds. The molecule has 19 heavy (non-hydrogen) atoms. The third-order valence-electron chi connectivity index (χ3n) is 2.47. The smallest absolute Gasteiger partial charge is 0.430 e. The monoisotopic (exact) mass is 294 g/mol. The fourth-order valence-corrected chi connectivity index (χ4v) is 2.04. The van der Waals surface area contributed by atoms with Gasteiger partial charge < -0.3 is 9.84 Å². The first-order valence-electron chi connectivity index (χ1n) is 4.97. The molecule has 0 spiro atoms. The van der Waals surface area contributed by atoms with E-state index in [9.17, 15) is 22.4 Å². The van der Waals surface area contributed by atoms with Crippen LogP contribution in [0.15, 0.2) is 17.7 Å². The summed E-state index contributed by atoms with van der Waals surface area (Å²) in [6.45, 7) is 0. The first kappa shape index (κ1) is 13.8. The SMILES string of the molecule is O=C(O)C1=Cc2cc(P)cc(F)c2OC1C(F)(F)F. The summed E-state index contributed by atoms with van der Waals surface area (Å²) in [5.41, 5.74) is -1.02. The molecule has 102 valence electrons. The number of halogens is 4. The normalized spacial score (nSPS) is 18.4. The fraction of sp³-hybridized carbons (Fsp3) is 0.182. The predicted octanol–water partition coefficient (Wildman–Crippen LogP) is 2.12. The molecule has 1 aliphatic rings. The molecule has 3 nitrogen and oxygen atoms in total. The van der Waals surface area contributed by atoms with E-state index in [-0.39, 0.29) is 5.56 Å². The lowest BCUT2D eigenvalue weighted by atomic mass is 10.0. The molecule has 0 saturated carbocycles. The molecule has 0 aromatic heterocycles. The summed E-state index contributed by atoms with van der Waals surface area (Å²) in [6, 6.07) is 2.30. The second-order valence-corrected chi connectivity index (χ2v) is 4.53. The van der Waals surface area contributed by atoms with Gasteiger partial charge in [0.15, 0.2) is 11.6 Å². The van der Waals surface area contributed by atoms with Gasteiger partial charge in [-0.3, -0.25) is 0 Å². The number of fused-ring (bicyclic) bond motifs is 1. The topological polar surface area (TPSA) is 46.5 Å². The van der Waals surface area contributed by atoms with Gasteiger partial charge in [0, 0.05) is 5.56 Å². The van der Waals surface area contributed by atoms with Crippen molar-refractivity contribution < 1.29 is 32.2 Å². The number of carboxylic acids is 1. The van der Waals surface area contributed by atoms with Gasteiger partial charge in [0.2, 0.25) is 6.10 Å². The Bertz CT molecular complexity index is 580. The van der Waals surface area contributed by atoms with Gasteiger partial charge in [-0.25, -0.2) is 9.18 Å². The first-order valence-corrected chi connectivity index (χ1v) is 5.55. The minimum Gasteiger partial charge on any atom is -0.478 e. The Hall–Kier alpha value is -1.62. The molecule has 1 aliphatic heterocycles. The summed E-state index contributed by atoms with van der Waals surface area (Å²) in [4.78, 5) is 10.8. The van der Waals surface area contributed by atoms with Crippen molar-refractivity contribution in [3.05, 3.63) is 29.1 Å². The maximum Gasteiger partial charge on any atom is 0.430 e. The van der Waals surface area contributed by atoms with Crippen LogP contribution in [-0.2, 0) is 4.79 Å². The van der Waals surface area contributed by atoms with Crippen LogP contribution in [-0.4, -0.2) is 23.4 Å². The van der Waals surface area contributed by atoms with Crippen molar-refractivity contribution in [1.82, 2.24) is 0 Å². The highest BCUT2D eigenvalue weighted by Crippen LogP contribution is 2.38. The number of benzene rings is 1. The van der Waals surface area contributed by atoms with Crippen LogP contribution in [0.1, 0.15) is 5.56 Å². The number of ether oxygens (including phenoxy) is 1. The molecular formula is C11H7F4O3P. The van der Waals surface area contributed by atoms with Crippen molar-refractivity contribution in [3.63, 3.8) is 0 Å². The van der Waals surface area contributed by atoms with E-state index in [1.54, 1.807) is 0 Å². The Kier molecular flexibility index (Phi) is 3.26. The van der Waals surface area contributed by atoms with Gasteiger partial charge >= 0.3 is 12.1 Å². The lowest BCUT2D eigenvalue weighted by Gasteiger charge is -2.27. The van der Waals surface area contributed by atoms with Gasteiger partial charge in [-0.2, -0.15) is 13.2 Å². The summed E-state index contributed by atoms with van der Waals surface area (Å²) in [6.07, 6.45) is -6.84. The highest BCUT2D eigenvalue weighted by Gasteiger charge is 2.48. The van der Waals surface area contributed by atoms with Crippen LogP contribution >= 0.6 is 9.24 Å². The molecule has 1 N–H and O–H groups in total. The molecular weight excluding hydrogens is 287 g/mol. The standard InChI is InChI=1S/C11H7F4O3P/c12-7-3-5(19)1-4-2-6(10(16)17)9(11(13,14)15)18-8(4)7/h1-3,9H,19H2,(H,16,17). The number of hydrogen-bond acceptors (Lipinski definition) is 2. The van der Waals surface area contributed by atoms with Crippen molar-refractivity contribution in [3.8, 4) is 5.75 Å². The lowest BCUT2D eigenvalue weighted by Crippen LogP contribution is -2.40. The molecule has 1 heterocycles. The molecule has 2 unspecified atom stereocenters. The largest absolute Gasteiger partial charge is 0.478 e. The summed E-state index contributed by atoms with van der Waals surface area (Å²) in [5, 5.41) is 9.16. The summed E-state index contributed by atoms with van der Waals surface area (Å²) < 4.78 is 56.1. The van der Waals surface area contributed by atoms with Gasteiger partial charge in [0.05, 0.1) is 5.57 Å². The van der Waals surface area contributed by atoms with Crippen LogP contribution in [0.5, 0.6) is 5.75 Å². The van der Waals surface area contributed by atoms with Crippen LogP contribution in [0.3, 0.4) is 0 Å². The van der Waals surface area contributed by atoms with Crippen LogP contribution in [0.2, 0.25) is 0 Å². The first-order chi connectivity index (χ1) is 8.70. The highest BCUT2D eigenvalue weighted by molar-refractivity contribution is 7.27. The maximum absolute atomic E-state index is 13.5. The molecule has 0 fully saturated rings. The van der Waals surface area contributed by atoms with E-state index in [2.05, 4.69) is 14.0 Å². The number of alkyl halides is 3. The predicted molar refractivity (Wildman–Crippen MR) is 61.8 cm³/mol. The summed E-state index contributed by atoms with van der Waals surface area (Å²) >= 11 is 0. The molecule has 8 heteroatoms. The van der Waals surface area contributed by atoms with Crippen molar-refractivity contribution in [2.75, 3.05) is 0 Å². The Morgan fingerprint density at radius 2 is 2.00 bits per heavy atom. The van der Waals surface area contributed by atoms with E-state index >= 15 is 0 Å². The summed E-state index contributed by atoms with van der Waals surface area (Å²) in [7, 11) is 2.17. The number of carboxylic acid groups (broad SMARTS) is 1. The maximum atomic E-state index is 13.5. The molecule has 2 rings (SSSR count). The van der Waals surface area contributed by atoms with Crippen LogP contribution in [0.4, 0.5) is 17.6 Å². The van der Waals surface area contributed by atoms with Gasteiger partial charge in [-0.1, -0.05) is 0 Å². The number of rotatable bonds is 1. The second kappa shape index (κ2) is 4.49. The van der Waals surface area contributed by atoms with Gasteiger partial charge in [0.25, 0.3) is 0 Å². The van der Waals surface area contributed by atoms with E-state index in [0.717, 1.165) is 12.1 Å². The molecule has 0 saturated heterocycles. The Morgan fingerprint density at radius 1 is 1.37 bits per heavy atom. The minimum absolute atomic E-state index is 0.0390. The third-order valence-corrected chi connectivity index (χ3v) is 2.80. The van der Waals surface area contributed by atoms with E-state index in [1.165, 1.54) is 6.07 Å². The molecule has 1 aromatic carbocycles. The third kappa shape index (κ3) is 2.56. The Labute approximate surface area is 107 Å². The molecule has 2 atom stereocenters. The highest BCUT2D eigenvalue weighted by atomic mass is 31.0. The van der Waals surface area contributed by atoms with Crippen LogP contribution in [0, 0.1) is 5.82 Å². The van der Waals surface area contributed by atoms with Crippen LogP contribution < -0.4 is 10.0 Å². The molecule has 0 bridgehead atoms. The van der Waals surface area contributed by atoms with Gasteiger partial charge in [-0.05, 0) is 23.5 Å². The lowest BCUT2D eigenvalue weighted by molar-refractivity contribution is -0.187. The number of carbonyl (C=O) groups is 1. The zero-order valence-corrected chi connectivity index (χ0v) is 10.3. The second-order valence-electron chi connectivity index (χ2n) is 3.87. The van der Waals surface area contributed by atoms with Crippen LogP contribution in [0.25, 0.3) is 6.08 Å². The Balaban J connectivity index is 2.61. The molecule has 0 radical (unpaired) electrons.